The number of benzene rings is 2. The number of hydrogen-bond donors (Lipinski definition) is 2. The first kappa shape index (κ1) is 20.3. The SMILES string of the molecule is Nc1ncnn2c([C@@H]3CC[C@H](CO)OC3)nc(-c3ccc(Oc4ccccc4)cc3F)c12. The van der Waals surface area contributed by atoms with Gasteiger partial charge in [-0.2, -0.15) is 5.10 Å². The number of rotatable bonds is 5. The van der Waals surface area contributed by atoms with Crippen molar-refractivity contribution >= 4 is 11.3 Å². The molecule has 5 rings (SSSR count). The van der Waals surface area contributed by atoms with Crippen molar-refractivity contribution in [2.75, 3.05) is 18.9 Å². The highest BCUT2D eigenvalue weighted by Gasteiger charge is 2.29. The molecule has 2 aromatic carbocycles. The second-order valence-corrected chi connectivity index (χ2v) is 7.69. The topological polar surface area (TPSA) is 108 Å². The number of aliphatic hydroxyl groups is 1. The third-order valence-electron chi connectivity index (χ3n) is 5.60. The molecule has 32 heavy (non-hydrogen) atoms. The van der Waals surface area contributed by atoms with Crippen LogP contribution < -0.4 is 10.5 Å². The molecule has 8 nitrogen and oxygen atoms in total. The standard InChI is InChI=1S/C23H22FN5O3/c24-19-10-16(32-15-4-2-1-3-5-15)8-9-18(19)20-21-22(25)26-13-27-29(21)23(28-20)14-6-7-17(11-30)31-12-14/h1-5,8-10,13-14,17,30H,6-7,11-12H2,(H2,25,26,27)/t14-,17-/m1/s1. The second kappa shape index (κ2) is 8.52. The fourth-order valence-corrected chi connectivity index (χ4v) is 3.96. The molecule has 0 bridgehead atoms. The number of anilines is 1. The fourth-order valence-electron chi connectivity index (χ4n) is 3.96. The monoisotopic (exact) mass is 435 g/mol. The van der Waals surface area contributed by atoms with Crippen LogP contribution >= 0.6 is 0 Å². The highest BCUT2D eigenvalue weighted by molar-refractivity contribution is 5.85. The first-order valence-corrected chi connectivity index (χ1v) is 10.4. The summed E-state index contributed by atoms with van der Waals surface area (Å²) in [5.74, 6) is 1.28. The number of ether oxygens (including phenoxy) is 2. The van der Waals surface area contributed by atoms with Gasteiger partial charge in [-0.3, -0.25) is 0 Å². The van der Waals surface area contributed by atoms with E-state index in [-0.39, 0.29) is 30.0 Å². The molecule has 0 spiro atoms. The normalized spacial score (nSPS) is 18.7. The van der Waals surface area contributed by atoms with Crippen LogP contribution in [-0.2, 0) is 4.74 Å². The third-order valence-corrected chi connectivity index (χ3v) is 5.60. The number of hydrogen-bond acceptors (Lipinski definition) is 7. The molecule has 1 aliphatic heterocycles. The molecule has 3 N–H and O–H groups in total. The Balaban J connectivity index is 1.53. The molecule has 1 fully saturated rings. The average Bonchev–Trinajstić information content (AvgIpc) is 3.21. The van der Waals surface area contributed by atoms with Gasteiger partial charge in [0.05, 0.1) is 19.3 Å². The van der Waals surface area contributed by atoms with Crippen molar-refractivity contribution in [2.45, 2.75) is 24.9 Å². The van der Waals surface area contributed by atoms with E-state index in [1.54, 1.807) is 28.8 Å². The minimum absolute atomic E-state index is 0.0158. The van der Waals surface area contributed by atoms with Gasteiger partial charge in [0.1, 0.15) is 40.7 Å². The lowest BCUT2D eigenvalue weighted by Crippen LogP contribution is -2.28. The van der Waals surface area contributed by atoms with Crippen molar-refractivity contribution in [3.8, 4) is 22.8 Å². The summed E-state index contributed by atoms with van der Waals surface area (Å²) in [7, 11) is 0. The Hall–Kier alpha value is -3.56. The van der Waals surface area contributed by atoms with Crippen LogP contribution in [0.4, 0.5) is 10.2 Å². The fraction of sp³-hybridized carbons (Fsp3) is 0.261. The van der Waals surface area contributed by atoms with Gasteiger partial charge >= 0.3 is 0 Å². The van der Waals surface area contributed by atoms with Crippen LogP contribution in [-0.4, -0.2) is 44.0 Å². The molecule has 0 amide bonds. The third kappa shape index (κ3) is 3.76. The Bertz CT molecular complexity index is 1240. The van der Waals surface area contributed by atoms with Gasteiger partial charge in [0.15, 0.2) is 5.82 Å². The minimum Gasteiger partial charge on any atom is -0.457 e. The van der Waals surface area contributed by atoms with Crippen LogP contribution in [0.1, 0.15) is 24.6 Å². The number of nitrogen functional groups attached to an aromatic ring is 1. The zero-order chi connectivity index (χ0) is 22.1. The molecule has 2 atom stereocenters. The zero-order valence-electron chi connectivity index (χ0n) is 17.2. The van der Waals surface area contributed by atoms with E-state index in [0.717, 1.165) is 6.42 Å². The summed E-state index contributed by atoms with van der Waals surface area (Å²) in [5, 5.41) is 13.6. The lowest BCUT2D eigenvalue weighted by Gasteiger charge is -2.26. The molecule has 9 heteroatoms. The number of halogens is 1. The van der Waals surface area contributed by atoms with E-state index < -0.39 is 5.82 Å². The number of fused-ring (bicyclic) bond motifs is 1. The number of imidazole rings is 1. The first-order valence-electron chi connectivity index (χ1n) is 10.4. The largest absolute Gasteiger partial charge is 0.457 e. The van der Waals surface area contributed by atoms with Crippen molar-refractivity contribution in [3.05, 3.63) is 66.5 Å². The van der Waals surface area contributed by atoms with Crippen LogP contribution in [0.5, 0.6) is 11.5 Å². The van der Waals surface area contributed by atoms with E-state index >= 15 is 4.39 Å². The number of nitrogens with two attached hydrogens (primary N) is 1. The van der Waals surface area contributed by atoms with Crippen molar-refractivity contribution in [1.82, 2.24) is 19.6 Å². The molecule has 164 valence electrons. The molecule has 4 aromatic rings. The van der Waals surface area contributed by atoms with E-state index in [1.807, 2.05) is 18.2 Å². The molecular weight excluding hydrogens is 413 g/mol. The van der Waals surface area contributed by atoms with Gasteiger partial charge in [0, 0.05) is 17.5 Å². The highest BCUT2D eigenvalue weighted by atomic mass is 19.1. The van der Waals surface area contributed by atoms with Gasteiger partial charge in [-0.1, -0.05) is 18.2 Å². The average molecular weight is 435 g/mol. The molecule has 0 unspecified atom stereocenters. The summed E-state index contributed by atoms with van der Waals surface area (Å²) in [4.78, 5) is 8.80. The number of aromatic nitrogens is 4. The van der Waals surface area contributed by atoms with E-state index in [2.05, 4.69) is 10.1 Å². The Morgan fingerprint density at radius 1 is 1.16 bits per heavy atom. The van der Waals surface area contributed by atoms with Gasteiger partial charge in [-0.25, -0.2) is 18.9 Å². The maximum atomic E-state index is 15.2. The molecule has 3 heterocycles. The van der Waals surface area contributed by atoms with Crippen molar-refractivity contribution in [3.63, 3.8) is 0 Å². The van der Waals surface area contributed by atoms with Crippen LogP contribution in [0.2, 0.25) is 0 Å². The molecule has 0 radical (unpaired) electrons. The number of nitrogens with zero attached hydrogens (tertiary/aromatic N) is 4. The Morgan fingerprint density at radius 2 is 2.00 bits per heavy atom. The first-order chi connectivity index (χ1) is 15.6. The van der Waals surface area contributed by atoms with Gasteiger partial charge < -0.3 is 20.3 Å². The minimum atomic E-state index is -0.492. The van der Waals surface area contributed by atoms with E-state index in [1.165, 1.54) is 12.4 Å². The van der Waals surface area contributed by atoms with Crippen molar-refractivity contribution in [2.24, 2.45) is 0 Å². The van der Waals surface area contributed by atoms with Gasteiger partial charge in [0.25, 0.3) is 0 Å². The Morgan fingerprint density at radius 3 is 2.72 bits per heavy atom. The van der Waals surface area contributed by atoms with E-state index in [9.17, 15) is 5.11 Å². The Labute approximate surface area is 183 Å². The van der Waals surface area contributed by atoms with Crippen LogP contribution in [0, 0.1) is 5.82 Å². The molecular formula is C23H22FN5O3. The summed E-state index contributed by atoms with van der Waals surface area (Å²) in [6.07, 6.45) is 2.64. The van der Waals surface area contributed by atoms with Gasteiger partial charge in [-0.15, -0.1) is 0 Å². The maximum absolute atomic E-state index is 15.2. The summed E-state index contributed by atoms with van der Waals surface area (Å²) >= 11 is 0. The van der Waals surface area contributed by atoms with Crippen molar-refractivity contribution in [1.29, 1.82) is 0 Å². The summed E-state index contributed by atoms with van der Waals surface area (Å²) in [6.45, 7) is 0.373. The van der Waals surface area contributed by atoms with Crippen LogP contribution in [0.25, 0.3) is 16.8 Å². The molecule has 1 saturated heterocycles. The lowest BCUT2D eigenvalue weighted by molar-refractivity contribution is -0.0284. The van der Waals surface area contributed by atoms with E-state index in [4.69, 9.17) is 20.2 Å². The highest BCUT2D eigenvalue weighted by Crippen LogP contribution is 2.36. The quantitative estimate of drug-likeness (QED) is 0.493. The molecule has 1 aliphatic rings. The Kier molecular flexibility index (Phi) is 5.42. The molecule has 0 saturated carbocycles. The van der Waals surface area contributed by atoms with E-state index in [0.29, 0.717) is 41.6 Å². The zero-order valence-corrected chi connectivity index (χ0v) is 17.2. The summed E-state index contributed by atoms with van der Waals surface area (Å²) in [6, 6.07) is 13.8. The number of aliphatic hydroxyl groups excluding tert-OH is 1. The molecule has 2 aromatic heterocycles. The summed E-state index contributed by atoms with van der Waals surface area (Å²) < 4.78 is 28.2. The predicted molar refractivity (Wildman–Crippen MR) is 116 cm³/mol. The number of para-hydroxylation sites is 1. The predicted octanol–water partition coefficient (Wildman–Crippen LogP) is 3.56. The maximum Gasteiger partial charge on any atom is 0.153 e. The van der Waals surface area contributed by atoms with Crippen LogP contribution in [0.15, 0.2) is 54.9 Å². The molecule has 0 aliphatic carbocycles. The lowest BCUT2D eigenvalue weighted by atomic mass is 9.98. The van der Waals surface area contributed by atoms with Crippen LogP contribution in [0.3, 0.4) is 0 Å². The second-order valence-electron chi connectivity index (χ2n) is 7.69. The van der Waals surface area contributed by atoms with Crippen molar-refractivity contribution < 1.29 is 19.0 Å². The summed E-state index contributed by atoms with van der Waals surface area (Å²) in [5.41, 5.74) is 7.23. The van der Waals surface area contributed by atoms with Gasteiger partial charge in [0.2, 0.25) is 0 Å². The van der Waals surface area contributed by atoms with Gasteiger partial charge in [-0.05, 0) is 37.1 Å². The smallest absolute Gasteiger partial charge is 0.153 e.